The van der Waals surface area contributed by atoms with Crippen LogP contribution in [0.2, 0.25) is 0 Å². The summed E-state index contributed by atoms with van der Waals surface area (Å²) < 4.78 is 0. The zero-order chi connectivity index (χ0) is 11.3. The molecule has 0 bridgehead atoms. The van der Waals surface area contributed by atoms with E-state index in [-0.39, 0.29) is 17.9 Å². The molecule has 84 valence electrons. The standard InChI is InChI=1S/C12H19NO2/c1-12(9-14,13-2)8-7-10-3-5-11(15)6-4-10/h3-6,13-15H,7-9H2,1-2H3. The molecule has 0 saturated heterocycles. The van der Waals surface area contributed by atoms with Gasteiger partial charge < -0.3 is 15.5 Å². The second-order valence-electron chi connectivity index (χ2n) is 4.14. The van der Waals surface area contributed by atoms with E-state index in [1.807, 2.05) is 26.1 Å². The minimum Gasteiger partial charge on any atom is -0.508 e. The Morgan fingerprint density at radius 3 is 2.33 bits per heavy atom. The van der Waals surface area contributed by atoms with Crippen molar-refractivity contribution in [3.63, 3.8) is 0 Å². The predicted octanol–water partition coefficient (Wildman–Crippen LogP) is 1.30. The first-order valence-electron chi connectivity index (χ1n) is 5.17. The lowest BCUT2D eigenvalue weighted by Gasteiger charge is -2.26. The molecular weight excluding hydrogens is 190 g/mol. The van der Waals surface area contributed by atoms with Crippen molar-refractivity contribution in [1.82, 2.24) is 5.32 Å². The van der Waals surface area contributed by atoms with E-state index in [2.05, 4.69) is 5.32 Å². The Balaban J connectivity index is 2.53. The fourth-order valence-corrected chi connectivity index (χ4v) is 1.37. The monoisotopic (exact) mass is 209 g/mol. The molecular formula is C12H19NO2. The van der Waals surface area contributed by atoms with Gasteiger partial charge >= 0.3 is 0 Å². The van der Waals surface area contributed by atoms with Gasteiger partial charge in [-0.3, -0.25) is 0 Å². The number of aliphatic hydroxyl groups excluding tert-OH is 1. The van der Waals surface area contributed by atoms with Crippen LogP contribution in [0.5, 0.6) is 5.75 Å². The van der Waals surface area contributed by atoms with E-state index >= 15 is 0 Å². The molecule has 0 aromatic heterocycles. The van der Waals surface area contributed by atoms with E-state index in [1.54, 1.807) is 12.1 Å². The molecule has 0 aliphatic rings. The highest BCUT2D eigenvalue weighted by molar-refractivity contribution is 5.26. The number of hydrogen-bond donors (Lipinski definition) is 3. The van der Waals surface area contributed by atoms with Crippen molar-refractivity contribution in [1.29, 1.82) is 0 Å². The molecule has 1 atom stereocenters. The summed E-state index contributed by atoms with van der Waals surface area (Å²) in [7, 11) is 1.85. The molecule has 1 unspecified atom stereocenters. The van der Waals surface area contributed by atoms with Crippen LogP contribution in [0.3, 0.4) is 0 Å². The van der Waals surface area contributed by atoms with Crippen molar-refractivity contribution in [3.05, 3.63) is 29.8 Å². The number of hydrogen-bond acceptors (Lipinski definition) is 3. The number of likely N-dealkylation sites (N-methyl/N-ethyl adjacent to an activating group) is 1. The number of aromatic hydroxyl groups is 1. The number of phenols is 1. The van der Waals surface area contributed by atoms with E-state index < -0.39 is 0 Å². The zero-order valence-corrected chi connectivity index (χ0v) is 9.33. The maximum absolute atomic E-state index is 9.20. The van der Waals surface area contributed by atoms with E-state index in [4.69, 9.17) is 5.11 Å². The summed E-state index contributed by atoms with van der Waals surface area (Å²) in [6.07, 6.45) is 1.75. The highest BCUT2D eigenvalue weighted by atomic mass is 16.3. The predicted molar refractivity (Wildman–Crippen MR) is 61.0 cm³/mol. The van der Waals surface area contributed by atoms with E-state index in [9.17, 15) is 5.11 Å². The molecule has 0 amide bonds. The smallest absolute Gasteiger partial charge is 0.115 e. The van der Waals surface area contributed by atoms with Crippen molar-refractivity contribution < 1.29 is 10.2 Å². The Bertz CT molecular complexity index is 291. The van der Waals surface area contributed by atoms with E-state index in [1.165, 1.54) is 5.56 Å². The fourth-order valence-electron chi connectivity index (χ4n) is 1.37. The third-order valence-corrected chi connectivity index (χ3v) is 2.85. The van der Waals surface area contributed by atoms with Crippen LogP contribution in [-0.4, -0.2) is 29.4 Å². The van der Waals surface area contributed by atoms with Crippen molar-refractivity contribution in [2.45, 2.75) is 25.3 Å². The Morgan fingerprint density at radius 1 is 1.27 bits per heavy atom. The SMILES string of the molecule is CNC(C)(CO)CCc1ccc(O)cc1. The molecule has 1 aromatic carbocycles. The molecule has 15 heavy (non-hydrogen) atoms. The molecule has 3 N–H and O–H groups in total. The van der Waals surface area contributed by atoms with Gasteiger partial charge in [0.05, 0.1) is 6.61 Å². The van der Waals surface area contributed by atoms with Crippen molar-refractivity contribution in [3.8, 4) is 5.75 Å². The molecule has 0 spiro atoms. The molecule has 0 heterocycles. The second kappa shape index (κ2) is 5.14. The first-order valence-corrected chi connectivity index (χ1v) is 5.17. The van der Waals surface area contributed by atoms with Gasteiger partial charge in [0.2, 0.25) is 0 Å². The number of rotatable bonds is 5. The second-order valence-corrected chi connectivity index (χ2v) is 4.14. The number of phenolic OH excluding ortho intramolecular Hbond substituents is 1. The number of aliphatic hydroxyl groups is 1. The third kappa shape index (κ3) is 3.53. The van der Waals surface area contributed by atoms with Gasteiger partial charge in [-0.05, 0) is 44.5 Å². The molecule has 1 aromatic rings. The average Bonchev–Trinajstić information content (AvgIpc) is 2.28. The van der Waals surface area contributed by atoms with Gasteiger partial charge in [0.25, 0.3) is 0 Å². The van der Waals surface area contributed by atoms with Gasteiger partial charge in [-0.15, -0.1) is 0 Å². The van der Waals surface area contributed by atoms with Crippen LogP contribution in [0.1, 0.15) is 18.9 Å². The lowest BCUT2D eigenvalue weighted by atomic mass is 9.94. The fraction of sp³-hybridized carbons (Fsp3) is 0.500. The number of nitrogens with one attached hydrogen (secondary N) is 1. The Kier molecular flexibility index (Phi) is 4.12. The molecule has 1 rings (SSSR count). The number of benzene rings is 1. The van der Waals surface area contributed by atoms with Gasteiger partial charge in [-0.2, -0.15) is 0 Å². The quantitative estimate of drug-likeness (QED) is 0.685. The molecule has 0 fully saturated rings. The van der Waals surface area contributed by atoms with Gasteiger partial charge in [-0.25, -0.2) is 0 Å². The van der Waals surface area contributed by atoms with Gasteiger partial charge in [-0.1, -0.05) is 12.1 Å². The van der Waals surface area contributed by atoms with Gasteiger partial charge in [0.15, 0.2) is 0 Å². The highest BCUT2D eigenvalue weighted by Gasteiger charge is 2.19. The molecule has 0 aliphatic carbocycles. The highest BCUT2D eigenvalue weighted by Crippen LogP contribution is 2.15. The maximum Gasteiger partial charge on any atom is 0.115 e. The van der Waals surface area contributed by atoms with Crippen LogP contribution in [0.15, 0.2) is 24.3 Å². The lowest BCUT2D eigenvalue weighted by molar-refractivity contribution is 0.174. The van der Waals surface area contributed by atoms with Crippen LogP contribution < -0.4 is 5.32 Å². The zero-order valence-electron chi connectivity index (χ0n) is 9.33. The van der Waals surface area contributed by atoms with Crippen LogP contribution >= 0.6 is 0 Å². The van der Waals surface area contributed by atoms with E-state index in [0.717, 1.165) is 12.8 Å². The topological polar surface area (TPSA) is 52.5 Å². The molecule has 3 nitrogen and oxygen atoms in total. The van der Waals surface area contributed by atoms with Gasteiger partial charge in [0, 0.05) is 5.54 Å². The van der Waals surface area contributed by atoms with Crippen molar-refractivity contribution in [2.75, 3.05) is 13.7 Å². The largest absolute Gasteiger partial charge is 0.508 e. The Morgan fingerprint density at radius 2 is 1.87 bits per heavy atom. The molecule has 0 aliphatic heterocycles. The summed E-state index contributed by atoms with van der Waals surface area (Å²) in [4.78, 5) is 0. The van der Waals surface area contributed by atoms with Crippen molar-refractivity contribution in [2.24, 2.45) is 0 Å². The lowest BCUT2D eigenvalue weighted by Crippen LogP contribution is -2.43. The van der Waals surface area contributed by atoms with Crippen LogP contribution in [0, 0.1) is 0 Å². The minimum absolute atomic E-state index is 0.127. The molecule has 0 radical (unpaired) electrons. The summed E-state index contributed by atoms with van der Waals surface area (Å²) >= 11 is 0. The molecule has 0 saturated carbocycles. The maximum atomic E-state index is 9.20. The van der Waals surface area contributed by atoms with Crippen LogP contribution in [0.25, 0.3) is 0 Å². The van der Waals surface area contributed by atoms with Crippen molar-refractivity contribution >= 4 is 0 Å². The van der Waals surface area contributed by atoms with Crippen LogP contribution in [0.4, 0.5) is 0 Å². The minimum atomic E-state index is -0.224. The normalized spacial score (nSPS) is 14.9. The van der Waals surface area contributed by atoms with Gasteiger partial charge in [0.1, 0.15) is 5.75 Å². The Labute approximate surface area is 90.8 Å². The first kappa shape index (κ1) is 12.0. The Hall–Kier alpha value is -1.06. The molecule has 3 heteroatoms. The summed E-state index contributed by atoms with van der Waals surface area (Å²) in [5.41, 5.74) is 0.945. The summed E-state index contributed by atoms with van der Waals surface area (Å²) in [6.45, 7) is 2.12. The summed E-state index contributed by atoms with van der Waals surface area (Å²) in [5.74, 6) is 0.289. The summed E-state index contributed by atoms with van der Waals surface area (Å²) in [5, 5.41) is 21.4. The van der Waals surface area contributed by atoms with E-state index in [0.29, 0.717) is 0 Å². The summed E-state index contributed by atoms with van der Waals surface area (Å²) in [6, 6.07) is 7.18. The third-order valence-electron chi connectivity index (χ3n) is 2.85. The van der Waals surface area contributed by atoms with Crippen LogP contribution in [-0.2, 0) is 6.42 Å². The number of aryl methyl sites for hydroxylation is 1. The first-order chi connectivity index (χ1) is 7.09. The average molecular weight is 209 g/mol.